The molecule has 0 atom stereocenters. The van der Waals surface area contributed by atoms with Crippen LogP contribution in [0.5, 0.6) is 0 Å². The summed E-state index contributed by atoms with van der Waals surface area (Å²) in [6, 6.07) is 3.39. The van der Waals surface area contributed by atoms with Gasteiger partial charge in [0.25, 0.3) is 0 Å². The molecule has 0 spiro atoms. The van der Waals surface area contributed by atoms with Crippen LogP contribution in [0.1, 0.15) is 37.5 Å². The molecule has 0 bridgehead atoms. The maximum atomic E-state index is 15.9. The SMILES string of the molecule is CNc1ncc2c(n1)N1CCN=C1C(c1c(C)ccc(N(C)C(=O)OC(C)(C)C)c1F)=C2. The second kappa shape index (κ2) is 7.89. The largest absolute Gasteiger partial charge is 0.443 e. The maximum absolute atomic E-state index is 15.9. The van der Waals surface area contributed by atoms with E-state index in [1.54, 1.807) is 46.1 Å². The molecule has 9 heteroatoms. The van der Waals surface area contributed by atoms with Gasteiger partial charge in [0.05, 0.1) is 12.2 Å². The van der Waals surface area contributed by atoms with Crippen molar-refractivity contribution in [3.63, 3.8) is 0 Å². The highest BCUT2D eigenvalue weighted by Gasteiger charge is 2.33. The van der Waals surface area contributed by atoms with Crippen LogP contribution in [0.15, 0.2) is 23.3 Å². The molecule has 32 heavy (non-hydrogen) atoms. The number of amides is 1. The number of aliphatic imine (C=N–C) groups is 1. The average Bonchev–Trinajstić information content (AvgIpc) is 3.22. The number of hydrogen-bond donors (Lipinski definition) is 1. The van der Waals surface area contributed by atoms with Crippen molar-refractivity contribution in [3.8, 4) is 0 Å². The molecule has 1 amide bonds. The fourth-order valence-electron chi connectivity index (χ4n) is 3.79. The van der Waals surface area contributed by atoms with E-state index in [1.165, 1.54) is 11.9 Å². The minimum atomic E-state index is -0.684. The molecular weight excluding hydrogens is 411 g/mol. The van der Waals surface area contributed by atoms with E-state index in [0.717, 1.165) is 16.9 Å². The number of carbonyl (C=O) groups excluding carboxylic acids is 1. The molecule has 0 fully saturated rings. The Labute approximate surface area is 186 Å². The molecule has 2 aliphatic rings. The number of aryl methyl sites for hydroxylation is 1. The van der Waals surface area contributed by atoms with Gasteiger partial charge in [-0.25, -0.2) is 14.2 Å². The number of nitrogens with zero attached hydrogens (tertiary/aromatic N) is 5. The fraction of sp³-hybridized carbons (Fsp3) is 0.391. The molecule has 0 aliphatic carbocycles. The van der Waals surface area contributed by atoms with Crippen LogP contribution in [0.4, 0.5) is 26.6 Å². The van der Waals surface area contributed by atoms with Crippen molar-refractivity contribution in [1.82, 2.24) is 9.97 Å². The summed E-state index contributed by atoms with van der Waals surface area (Å²) in [5.74, 6) is 1.41. The molecule has 8 nitrogen and oxygen atoms in total. The second-order valence-corrected chi connectivity index (χ2v) is 8.77. The number of carbonyl (C=O) groups is 1. The van der Waals surface area contributed by atoms with Crippen LogP contribution in [-0.4, -0.2) is 54.7 Å². The second-order valence-electron chi connectivity index (χ2n) is 8.77. The van der Waals surface area contributed by atoms with Gasteiger partial charge in [-0.3, -0.25) is 9.89 Å². The zero-order valence-corrected chi connectivity index (χ0v) is 19.2. The van der Waals surface area contributed by atoms with E-state index in [4.69, 9.17) is 4.74 Å². The zero-order chi connectivity index (χ0) is 23.2. The lowest BCUT2D eigenvalue weighted by atomic mass is 9.93. The number of benzene rings is 1. The predicted molar refractivity (Wildman–Crippen MR) is 125 cm³/mol. The Bertz CT molecular complexity index is 1150. The highest BCUT2D eigenvalue weighted by atomic mass is 19.1. The van der Waals surface area contributed by atoms with E-state index in [2.05, 4.69) is 20.3 Å². The Balaban J connectivity index is 1.82. The smallest absolute Gasteiger partial charge is 0.414 e. The van der Waals surface area contributed by atoms with Crippen LogP contribution in [0.25, 0.3) is 11.6 Å². The van der Waals surface area contributed by atoms with Gasteiger partial charge in [-0.15, -0.1) is 0 Å². The highest BCUT2D eigenvalue weighted by molar-refractivity contribution is 6.36. The van der Waals surface area contributed by atoms with Gasteiger partial charge in [0, 0.05) is 43.5 Å². The van der Waals surface area contributed by atoms with Gasteiger partial charge in [0.1, 0.15) is 17.3 Å². The molecule has 1 aromatic carbocycles. The third-order valence-electron chi connectivity index (χ3n) is 5.28. The lowest BCUT2D eigenvalue weighted by Gasteiger charge is -2.29. The van der Waals surface area contributed by atoms with E-state index in [-0.39, 0.29) is 5.69 Å². The number of ether oxygens (including phenoxy) is 1. The molecule has 4 rings (SSSR count). The number of halogens is 1. The first-order chi connectivity index (χ1) is 15.1. The number of amidine groups is 1. The van der Waals surface area contributed by atoms with E-state index in [0.29, 0.717) is 36.0 Å². The Morgan fingerprint density at radius 2 is 2.06 bits per heavy atom. The third-order valence-corrected chi connectivity index (χ3v) is 5.28. The van der Waals surface area contributed by atoms with Gasteiger partial charge in [0.2, 0.25) is 5.95 Å². The molecule has 0 unspecified atom stereocenters. The van der Waals surface area contributed by atoms with E-state index in [9.17, 15) is 4.79 Å². The third kappa shape index (κ3) is 3.79. The number of nitrogens with one attached hydrogen (secondary N) is 1. The minimum Gasteiger partial charge on any atom is -0.443 e. The molecular formula is C23H27FN6O2. The first-order valence-corrected chi connectivity index (χ1v) is 10.5. The van der Waals surface area contributed by atoms with E-state index >= 15 is 4.39 Å². The van der Waals surface area contributed by atoms with Gasteiger partial charge in [-0.05, 0) is 45.4 Å². The zero-order valence-electron chi connectivity index (χ0n) is 19.2. The Morgan fingerprint density at radius 1 is 1.31 bits per heavy atom. The number of aromatic nitrogens is 2. The van der Waals surface area contributed by atoms with Crippen molar-refractivity contribution >= 4 is 41.0 Å². The lowest BCUT2D eigenvalue weighted by molar-refractivity contribution is 0.0588. The molecule has 168 valence electrons. The van der Waals surface area contributed by atoms with Gasteiger partial charge in [0.15, 0.2) is 5.82 Å². The molecule has 2 aromatic rings. The van der Waals surface area contributed by atoms with Crippen LogP contribution >= 0.6 is 0 Å². The molecule has 2 aliphatic heterocycles. The standard InChI is InChI=1S/C23H27FN6O2/c1-13-7-8-16(29(6)22(31)32-23(2,3)4)18(24)17(13)15-11-14-12-27-21(25-5)28-19(14)30-10-9-26-20(15)30/h7-8,11-12H,9-10H2,1-6H3,(H,25,27,28). The molecule has 1 N–H and O–H groups in total. The summed E-state index contributed by atoms with van der Waals surface area (Å²) in [6.45, 7) is 8.39. The van der Waals surface area contributed by atoms with Crippen LogP contribution in [0.3, 0.4) is 0 Å². The normalized spacial score (nSPS) is 14.9. The Morgan fingerprint density at radius 3 is 2.75 bits per heavy atom. The number of fused-ring (bicyclic) bond motifs is 3. The van der Waals surface area contributed by atoms with Gasteiger partial charge < -0.3 is 15.0 Å². The first-order valence-electron chi connectivity index (χ1n) is 10.5. The quantitative estimate of drug-likeness (QED) is 0.777. The van der Waals surface area contributed by atoms with Gasteiger partial charge in [-0.2, -0.15) is 4.98 Å². The summed E-state index contributed by atoms with van der Waals surface area (Å²) in [6.07, 6.45) is 2.95. The number of rotatable bonds is 3. The molecule has 1 aromatic heterocycles. The lowest BCUT2D eigenvalue weighted by Crippen LogP contribution is -2.35. The number of hydrogen-bond acceptors (Lipinski definition) is 7. The van der Waals surface area contributed by atoms with E-state index in [1.807, 2.05) is 17.9 Å². The van der Waals surface area contributed by atoms with Gasteiger partial charge >= 0.3 is 6.09 Å². The molecule has 0 saturated heterocycles. The average molecular weight is 439 g/mol. The van der Waals surface area contributed by atoms with Gasteiger partial charge in [-0.1, -0.05) is 6.07 Å². The Kier molecular flexibility index (Phi) is 5.36. The van der Waals surface area contributed by atoms with Crippen molar-refractivity contribution in [1.29, 1.82) is 0 Å². The summed E-state index contributed by atoms with van der Waals surface area (Å²) in [5.41, 5.74) is 2.01. The predicted octanol–water partition coefficient (Wildman–Crippen LogP) is 4.11. The monoisotopic (exact) mass is 438 g/mol. The summed E-state index contributed by atoms with van der Waals surface area (Å²) >= 11 is 0. The van der Waals surface area contributed by atoms with Crippen molar-refractivity contribution in [2.75, 3.05) is 42.3 Å². The summed E-state index contributed by atoms with van der Waals surface area (Å²) in [7, 11) is 3.26. The fourth-order valence-corrected chi connectivity index (χ4v) is 3.79. The number of anilines is 3. The van der Waals surface area contributed by atoms with Crippen LogP contribution in [-0.2, 0) is 4.74 Å². The van der Waals surface area contributed by atoms with Crippen molar-refractivity contribution in [2.45, 2.75) is 33.3 Å². The Hall–Kier alpha value is -3.49. The molecule has 3 heterocycles. The van der Waals surface area contributed by atoms with Crippen LogP contribution in [0.2, 0.25) is 0 Å². The summed E-state index contributed by atoms with van der Waals surface area (Å²) in [4.78, 5) is 29.2. The van der Waals surface area contributed by atoms with Crippen LogP contribution in [0, 0.1) is 12.7 Å². The van der Waals surface area contributed by atoms with Crippen molar-refractivity contribution < 1.29 is 13.9 Å². The summed E-state index contributed by atoms with van der Waals surface area (Å²) in [5, 5.41) is 2.95. The highest BCUT2D eigenvalue weighted by Crippen LogP contribution is 2.39. The minimum absolute atomic E-state index is 0.137. The summed E-state index contributed by atoms with van der Waals surface area (Å²) < 4.78 is 21.3. The maximum Gasteiger partial charge on any atom is 0.414 e. The van der Waals surface area contributed by atoms with Crippen molar-refractivity contribution in [3.05, 3.63) is 40.8 Å². The topological polar surface area (TPSA) is 83.0 Å². The van der Waals surface area contributed by atoms with Crippen molar-refractivity contribution in [2.24, 2.45) is 4.99 Å². The molecule has 0 radical (unpaired) electrons. The van der Waals surface area contributed by atoms with Crippen LogP contribution < -0.4 is 15.1 Å². The van der Waals surface area contributed by atoms with E-state index < -0.39 is 17.5 Å². The first kappa shape index (κ1) is 21.7. The molecule has 0 saturated carbocycles.